The van der Waals surface area contributed by atoms with E-state index in [4.69, 9.17) is 14.8 Å². The number of carbonyl (C=O) groups excluding carboxylic acids is 4. The fraction of sp³-hybridized carbons (Fsp3) is 0.421. The number of rotatable bonds is 5. The maximum Gasteiger partial charge on any atom is 0.408 e. The van der Waals surface area contributed by atoms with E-state index >= 15 is 0 Å². The molecule has 28 heavy (non-hydrogen) atoms. The number of amides is 3. The number of alkyl carbamates (subject to hydrolysis) is 1. The van der Waals surface area contributed by atoms with Crippen LogP contribution in [-0.4, -0.2) is 40.6 Å². The summed E-state index contributed by atoms with van der Waals surface area (Å²) in [5.74, 6) is -2.21. The Hall–Kier alpha value is -3.41. The molecule has 0 aliphatic carbocycles. The fourth-order valence-electron chi connectivity index (χ4n) is 2.41. The number of hydrogen-bond acceptors (Lipinski definition) is 7. The van der Waals surface area contributed by atoms with Crippen LogP contribution in [0.2, 0.25) is 0 Å². The summed E-state index contributed by atoms with van der Waals surface area (Å²) in [6.07, 6.45) is -0.903. The smallest absolute Gasteiger partial charge is 0.408 e. The molecule has 9 heteroatoms. The van der Waals surface area contributed by atoms with E-state index in [1.165, 1.54) is 0 Å². The van der Waals surface area contributed by atoms with E-state index in [-0.39, 0.29) is 19.3 Å². The highest BCUT2D eigenvalue weighted by molar-refractivity contribution is 6.01. The van der Waals surface area contributed by atoms with Crippen molar-refractivity contribution in [3.63, 3.8) is 0 Å². The van der Waals surface area contributed by atoms with Gasteiger partial charge in [-0.25, -0.2) is 9.59 Å². The molecule has 1 aliphatic heterocycles. The highest BCUT2D eigenvalue weighted by Crippen LogP contribution is 2.15. The lowest BCUT2D eigenvalue weighted by Gasteiger charge is -2.23. The molecule has 9 nitrogen and oxygen atoms in total. The van der Waals surface area contributed by atoms with Gasteiger partial charge in [0, 0.05) is 19.3 Å². The van der Waals surface area contributed by atoms with E-state index in [0.29, 0.717) is 16.2 Å². The Morgan fingerprint density at radius 3 is 2.25 bits per heavy atom. The molecule has 2 rings (SSSR count). The average Bonchev–Trinajstić information content (AvgIpc) is 2.92. The molecular weight excluding hydrogens is 366 g/mol. The van der Waals surface area contributed by atoms with Gasteiger partial charge in [0.15, 0.2) is 0 Å². The predicted molar refractivity (Wildman–Crippen MR) is 95.2 cm³/mol. The minimum absolute atomic E-state index is 0.0139. The Balaban J connectivity index is 2.15. The molecule has 1 aromatic carbocycles. The van der Waals surface area contributed by atoms with Crippen molar-refractivity contribution in [3.8, 4) is 6.07 Å². The molecule has 0 saturated carbocycles. The van der Waals surface area contributed by atoms with Crippen LogP contribution in [-0.2, 0) is 30.4 Å². The first-order chi connectivity index (χ1) is 13.1. The Morgan fingerprint density at radius 2 is 1.75 bits per heavy atom. The van der Waals surface area contributed by atoms with E-state index < -0.39 is 35.5 Å². The second-order valence-corrected chi connectivity index (χ2v) is 7.20. The molecule has 148 valence electrons. The Labute approximate surface area is 162 Å². The molecule has 0 spiro atoms. The zero-order valence-electron chi connectivity index (χ0n) is 15.9. The standard InChI is InChI=1S/C19H21N3O6/c1-19(2,3)27-18(26)21-14(10-12-4-6-13(11-20)7-5-12)17(25)28-22-15(23)8-9-16(22)24/h4-7,14H,8-10H2,1-3H3,(H,21,26). The summed E-state index contributed by atoms with van der Waals surface area (Å²) in [5.41, 5.74) is 0.292. The number of hydrogen-bond donors (Lipinski definition) is 1. The van der Waals surface area contributed by atoms with E-state index in [9.17, 15) is 19.2 Å². The van der Waals surface area contributed by atoms with Gasteiger partial charge in [0.2, 0.25) is 0 Å². The van der Waals surface area contributed by atoms with Crippen molar-refractivity contribution in [2.24, 2.45) is 0 Å². The predicted octanol–water partition coefficient (Wildman–Crippen LogP) is 1.60. The van der Waals surface area contributed by atoms with Crippen molar-refractivity contribution in [2.75, 3.05) is 0 Å². The number of imide groups is 1. The van der Waals surface area contributed by atoms with Gasteiger partial charge in [0.05, 0.1) is 11.6 Å². The van der Waals surface area contributed by atoms with Gasteiger partial charge < -0.3 is 14.9 Å². The van der Waals surface area contributed by atoms with Gasteiger partial charge in [-0.1, -0.05) is 12.1 Å². The van der Waals surface area contributed by atoms with Gasteiger partial charge in [0.1, 0.15) is 11.6 Å². The van der Waals surface area contributed by atoms with Crippen molar-refractivity contribution in [1.82, 2.24) is 10.4 Å². The van der Waals surface area contributed by atoms with Crippen LogP contribution in [0, 0.1) is 11.3 Å². The number of carbonyl (C=O) groups is 4. The number of nitriles is 1. The fourth-order valence-corrected chi connectivity index (χ4v) is 2.41. The molecule has 1 aromatic rings. The summed E-state index contributed by atoms with van der Waals surface area (Å²) in [7, 11) is 0. The Kier molecular flexibility index (Phi) is 6.36. The number of nitrogens with zero attached hydrogens (tertiary/aromatic N) is 2. The van der Waals surface area contributed by atoms with Crippen LogP contribution >= 0.6 is 0 Å². The van der Waals surface area contributed by atoms with E-state index in [1.54, 1.807) is 45.0 Å². The van der Waals surface area contributed by atoms with Crippen LogP contribution in [0.4, 0.5) is 4.79 Å². The zero-order valence-corrected chi connectivity index (χ0v) is 15.9. The molecule has 1 heterocycles. The summed E-state index contributed by atoms with van der Waals surface area (Å²) in [6.45, 7) is 5.01. The third-order valence-corrected chi connectivity index (χ3v) is 3.69. The molecule has 1 saturated heterocycles. The maximum absolute atomic E-state index is 12.5. The van der Waals surface area contributed by atoms with Crippen LogP contribution in [0.5, 0.6) is 0 Å². The van der Waals surface area contributed by atoms with Crippen LogP contribution in [0.1, 0.15) is 44.7 Å². The Morgan fingerprint density at radius 1 is 1.18 bits per heavy atom. The van der Waals surface area contributed by atoms with Crippen LogP contribution in [0.3, 0.4) is 0 Å². The van der Waals surface area contributed by atoms with Crippen molar-refractivity contribution < 1.29 is 28.8 Å². The molecule has 1 atom stereocenters. The second kappa shape index (κ2) is 8.52. The molecule has 1 unspecified atom stereocenters. The van der Waals surface area contributed by atoms with Crippen molar-refractivity contribution in [3.05, 3.63) is 35.4 Å². The first kappa shape index (κ1) is 20.9. The van der Waals surface area contributed by atoms with E-state index in [0.717, 1.165) is 0 Å². The van der Waals surface area contributed by atoms with Crippen molar-refractivity contribution >= 4 is 23.9 Å². The Bertz CT molecular complexity index is 804. The summed E-state index contributed by atoms with van der Waals surface area (Å²) in [6, 6.07) is 7.17. The first-order valence-corrected chi connectivity index (χ1v) is 8.65. The normalized spacial score (nSPS) is 15.0. The highest BCUT2D eigenvalue weighted by Gasteiger charge is 2.35. The van der Waals surface area contributed by atoms with E-state index in [2.05, 4.69) is 5.32 Å². The van der Waals surface area contributed by atoms with Crippen LogP contribution in [0.25, 0.3) is 0 Å². The zero-order chi connectivity index (χ0) is 20.9. The lowest BCUT2D eigenvalue weighted by atomic mass is 10.0. The first-order valence-electron chi connectivity index (χ1n) is 8.65. The summed E-state index contributed by atoms with van der Waals surface area (Å²) in [4.78, 5) is 52.9. The van der Waals surface area contributed by atoms with Gasteiger partial charge in [0.25, 0.3) is 11.8 Å². The molecule has 1 fully saturated rings. The topological polar surface area (TPSA) is 126 Å². The average molecular weight is 387 g/mol. The third kappa shape index (κ3) is 5.81. The molecule has 3 amide bonds. The molecule has 0 bridgehead atoms. The molecule has 1 N–H and O–H groups in total. The lowest BCUT2D eigenvalue weighted by molar-refractivity contribution is -0.198. The van der Waals surface area contributed by atoms with Gasteiger partial charge in [-0.2, -0.15) is 5.26 Å². The summed E-state index contributed by atoms with van der Waals surface area (Å²) < 4.78 is 5.16. The quantitative estimate of drug-likeness (QED) is 0.761. The van der Waals surface area contributed by atoms with E-state index in [1.807, 2.05) is 6.07 Å². The summed E-state index contributed by atoms with van der Waals surface area (Å²) >= 11 is 0. The molecule has 0 aromatic heterocycles. The van der Waals surface area contributed by atoms with Crippen molar-refractivity contribution in [2.45, 2.75) is 51.7 Å². The minimum atomic E-state index is -1.20. The molecule has 0 radical (unpaired) electrons. The van der Waals surface area contributed by atoms with Gasteiger partial charge in [-0.05, 0) is 38.5 Å². The number of nitrogens with one attached hydrogen (secondary N) is 1. The maximum atomic E-state index is 12.5. The third-order valence-electron chi connectivity index (χ3n) is 3.69. The van der Waals surface area contributed by atoms with Crippen LogP contribution < -0.4 is 5.32 Å². The van der Waals surface area contributed by atoms with Gasteiger partial charge in [-0.15, -0.1) is 5.06 Å². The second-order valence-electron chi connectivity index (χ2n) is 7.20. The van der Waals surface area contributed by atoms with Gasteiger partial charge in [-0.3, -0.25) is 9.59 Å². The van der Waals surface area contributed by atoms with Crippen LogP contribution in [0.15, 0.2) is 24.3 Å². The number of benzene rings is 1. The minimum Gasteiger partial charge on any atom is -0.444 e. The highest BCUT2D eigenvalue weighted by atomic mass is 16.7. The monoisotopic (exact) mass is 387 g/mol. The number of hydroxylamine groups is 2. The SMILES string of the molecule is CC(C)(C)OC(=O)NC(Cc1ccc(C#N)cc1)C(=O)ON1C(=O)CCC1=O. The largest absolute Gasteiger partial charge is 0.444 e. The number of ether oxygens (including phenoxy) is 1. The molecular formula is C19H21N3O6. The lowest BCUT2D eigenvalue weighted by Crippen LogP contribution is -2.48. The van der Waals surface area contributed by atoms with Crippen molar-refractivity contribution in [1.29, 1.82) is 5.26 Å². The summed E-state index contributed by atoms with van der Waals surface area (Å²) in [5, 5.41) is 11.7. The molecule has 1 aliphatic rings. The van der Waals surface area contributed by atoms with Gasteiger partial charge >= 0.3 is 12.1 Å².